The molecule has 0 spiro atoms. The van der Waals surface area contributed by atoms with E-state index in [1.54, 1.807) is 28.5 Å². The average molecular weight is 342 g/mol. The lowest BCUT2D eigenvalue weighted by Crippen LogP contribution is -2.51. The molecule has 0 aromatic carbocycles. The Hall–Kier alpha value is -1.24. The van der Waals surface area contributed by atoms with Gasteiger partial charge in [-0.25, -0.2) is 0 Å². The Morgan fingerprint density at radius 2 is 1.87 bits per heavy atom. The Bertz CT molecular complexity index is 503. The van der Waals surface area contributed by atoms with Crippen molar-refractivity contribution in [2.24, 2.45) is 11.3 Å². The number of rotatable bonds is 3. The Morgan fingerprint density at radius 3 is 2.39 bits per heavy atom. The van der Waals surface area contributed by atoms with E-state index >= 15 is 0 Å². The van der Waals surface area contributed by atoms with E-state index in [0.717, 1.165) is 0 Å². The molecule has 0 aromatic heterocycles. The molecule has 2 amide bonds. The molecule has 0 bridgehead atoms. The highest BCUT2D eigenvalue weighted by molar-refractivity contribution is 7.99. The molecule has 1 N–H and O–H groups in total. The van der Waals surface area contributed by atoms with Crippen LogP contribution in [0, 0.1) is 11.3 Å². The summed E-state index contributed by atoms with van der Waals surface area (Å²) in [6.07, 6.45) is 0.892. The molecule has 0 aromatic rings. The largest absolute Gasteiger partial charge is 0.481 e. The number of carboxylic acids is 1. The van der Waals surface area contributed by atoms with Crippen LogP contribution in [0.3, 0.4) is 0 Å². The third kappa shape index (κ3) is 4.00. The molecule has 2 heterocycles. The van der Waals surface area contributed by atoms with Crippen molar-refractivity contribution >= 4 is 29.5 Å². The first-order chi connectivity index (χ1) is 10.6. The molecule has 6 nitrogen and oxygen atoms in total. The summed E-state index contributed by atoms with van der Waals surface area (Å²) in [4.78, 5) is 39.9. The van der Waals surface area contributed by atoms with Crippen LogP contribution in [0.25, 0.3) is 0 Å². The van der Waals surface area contributed by atoms with Crippen molar-refractivity contribution in [3.05, 3.63) is 0 Å². The van der Waals surface area contributed by atoms with Crippen LogP contribution in [-0.4, -0.2) is 62.9 Å². The van der Waals surface area contributed by atoms with Crippen LogP contribution in [0.15, 0.2) is 0 Å². The molecule has 23 heavy (non-hydrogen) atoms. The summed E-state index contributed by atoms with van der Waals surface area (Å²) in [6.45, 7) is 8.26. The predicted molar refractivity (Wildman–Crippen MR) is 88.9 cm³/mol. The normalized spacial score (nSPS) is 28.3. The van der Waals surface area contributed by atoms with Gasteiger partial charge >= 0.3 is 5.97 Å². The van der Waals surface area contributed by atoms with Crippen molar-refractivity contribution in [1.82, 2.24) is 9.80 Å². The molecule has 0 aliphatic carbocycles. The molecule has 2 aliphatic rings. The third-order valence-electron chi connectivity index (χ3n) is 4.52. The smallest absolute Gasteiger partial charge is 0.308 e. The van der Waals surface area contributed by atoms with Crippen LogP contribution in [0.4, 0.5) is 0 Å². The first-order valence-electron chi connectivity index (χ1n) is 8.02. The average Bonchev–Trinajstić information content (AvgIpc) is 3.02. The molecule has 2 rings (SSSR count). The fourth-order valence-corrected chi connectivity index (χ4v) is 4.39. The summed E-state index contributed by atoms with van der Waals surface area (Å²) >= 11 is 1.58. The summed E-state index contributed by atoms with van der Waals surface area (Å²) in [5.74, 6) is -0.331. The number of nitrogens with zero attached hydrogens (tertiary/aromatic N) is 2. The van der Waals surface area contributed by atoms with Gasteiger partial charge in [-0.2, -0.15) is 0 Å². The van der Waals surface area contributed by atoms with E-state index in [-0.39, 0.29) is 23.3 Å². The fraction of sp³-hybridized carbons (Fsp3) is 0.812. The Morgan fingerprint density at radius 1 is 1.22 bits per heavy atom. The first-order valence-corrected chi connectivity index (χ1v) is 9.18. The van der Waals surface area contributed by atoms with E-state index in [1.165, 1.54) is 0 Å². The fourth-order valence-electron chi connectivity index (χ4n) is 3.22. The van der Waals surface area contributed by atoms with Gasteiger partial charge in [0.2, 0.25) is 11.8 Å². The SMILES string of the molecule is CC1C(C(=O)O)CCN1C(=O)C1CSCN1C(=O)CC(C)(C)C. The molecule has 3 atom stereocenters. The highest BCUT2D eigenvalue weighted by Crippen LogP contribution is 2.31. The maximum Gasteiger partial charge on any atom is 0.308 e. The predicted octanol–water partition coefficient (Wildman–Crippen LogP) is 1.65. The van der Waals surface area contributed by atoms with Crippen LogP contribution < -0.4 is 0 Å². The molecule has 2 aliphatic heterocycles. The number of aliphatic carboxylic acids is 1. The van der Waals surface area contributed by atoms with Crippen LogP contribution in [0.2, 0.25) is 0 Å². The maximum absolute atomic E-state index is 12.8. The number of hydrogen-bond donors (Lipinski definition) is 1. The number of carbonyl (C=O) groups is 3. The summed E-state index contributed by atoms with van der Waals surface area (Å²) < 4.78 is 0. The van der Waals surface area contributed by atoms with Gasteiger partial charge in [-0.05, 0) is 18.8 Å². The zero-order valence-corrected chi connectivity index (χ0v) is 15.1. The van der Waals surface area contributed by atoms with Gasteiger partial charge in [0.25, 0.3) is 0 Å². The van der Waals surface area contributed by atoms with Gasteiger partial charge in [0.05, 0.1) is 11.8 Å². The molecular weight excluding hydrogens is 316 g/mol. The Labute approximate surface area is 141 Å². The van der Waals surface area contributed by atoms with Crippen molar-refractivity contribution in [3.8, 4) is 0 Å². The van der Waals surface area contributed by atoms with E-state index in [0.29, 0.717) is 31.0 Å². The molecule has 2 saturated heterocycles. The summed E-state index contributed by atoms with van der Waals surface area (Å²) in [5.41, 5.74) is -0.118. The topological polar surface area (TPSA) is 77.9 Å². The lowest BCUT2D eigenvalue weighted by Gasteiger charge is -2.31. The monoisotopic (exact) mass is 342 g/mol. The number of likely N-dealkylation sites (tertiary alicyclic amines) is 1. The zero-order valence-electron chi connectivity index (χ0n) is 14.2. The molecule has 130 valence electrons. The number of hydrogen-bond acceptors (Lipinski definition) is 4. The van der Waals surface area contributed by atoms with Crippen molar-refractivity contribution in [2.75, 3.05) is 18.2 Å². The highest BCUT2D eigenvalue weighted by Gasteiger charge is 2.44. The second kappa shape index (κ2) is 6.71. The van der Waals surface area contributed by atoms with Gasteiger partial charge in [0, 0.05) is 24.8 Å². The number of carboxylic acid groups (broad SMARTS) is 1. The van der Waals surface area contributed by atoms with E-state index in [2.05, 4.69) is 0 Å². The quantitative estimate of drug-likeness (QED) is 0.844. The van der Waals surface area contributed by atoms with Gasteiger partial charge in [0.1, 0.15) is 6.04 Å². The molecular formula is C16H26N2O4S. The molecule has 2 fully saturated rings. The van der Waals surface area contributed by atoms with Crippen LogP contribution in [0.5, 0.6) is 0 Å². The molecule has 0 saturated carbocycles. The lowest BCUT2D eigenvalue weighted by molar-refractivity contribution is -0.147. The zero-order chi connectivity index (χ0) is 17.4. The second-order valence-electron chi connectivity index (χ2n) is 7.62. The van der Waals surface area contributed by atoms with Crippen molar-refractivity contribution in [2.45, 2.75) is 52.6 Å². The van der Waals surface area contributed by atoms with Gasteiger partial charge < -0.3 is 14.9 Å². The number of carbonyl (C=O) groups excluding carboxylic acids is 2. The summed E-state index contributed by atoms with van der Waals surface area (Å²) in [6, 6.07) is -0.769. The Kier molecular flexibility index (Phi) is 5.28. The van der Waals surface area contributed by atoms with E-state index in [9.17, 15) is 19.5 Å². The van der Waals surface area contributed by atoms with Crippen LogP contribution >= 0.6 is 11.8 Å². The van der Waals surface area contributed by atoms with Gasteiger partial charge in [0.15, 0.2) is 0 Å². The van der Waals surface area contributed by atoms with Crippen LogP contribution in [0.1, 0.15) is 40.5 Å². The minimum atomic E-state index is -0.853. The molecule has 3 unspecified atom stereocenters. The van der Waals surface area contributed by atoms with Crippen LogP contribution in [-0.2, 0) is 14.4 Å². The summed E-state index contributed by atoms with van der Waals surface area (Å²) in [5, 5.41) is 9.21. The minimum absolute atomic E-state index is 0.00230. The molecule has 0 radical (unpaired) electrons. The Balaban J connectivity index is 2.07. The van der Waals surface area contributed by atoms with Gasteiger partial charge in [-0.1, -0.05) is 20.8 Å². The van der Waals surface area contributed by atoms with E-state index in [4.69, 9.17) is 0 Å². The van der Waals surface area contributed by atoms with Gasteiger partial charge in [-0.3, -0.25) is 14.4 Å². The first kappa shape index (κ1) is 18.1. The summed E-state index contributed by atoms with van der Waals surface area (Å²) in [7, 11) is 0. The van der Waals surface area contributed by atoms with Crippen molar-refractivity contribution in [3.63, 3.8) is 0 Å². The lowest BCUT2D eigenvalue weighted by atomic mass is 9.91. The van der Waals surface area contributed by atoms with Crippen molar-refractivity contribution < 1.29 is 19.5 Å². The van der Waals surface area contributed by atoms with Gasteiger partial charge in [-0.15, -0.1) is 11.8 Å². The number of thioether (sulfide) groups is 1. The highest BCUT2D eigenvalue weighted by atomic mass is 32.2. The standard InChI is InChI=1S/C16H26N2O4S/c1-10-11(15(21)22)5-6-17(10)14(20)12-8-23-9-18(12)13(19)7-16(2,3)4/h10-12H,5-9H2,1-4H3,(H,21,22). The minimum Gasteiger partial charge on any atom is -0.481 e. The molecule has 7 heteroatoms. The second-order valence-corrected chi connectivity index (χ2v) is 8.62. The van der Waals surface area contributed by atoms with E-state index < -0.39 is 17.9 Å². The third-order valence-corrected chi connectivity index (χ3v) is 5.54. The van der Waals surface area contributed by atoms with E-state index in [1.807, 2.05) is 20.8 Å². The number of amides is 2. The van der Waals surface area contributed by atoms with Crippen molar-refractivity contribution in [1.29, 1.82) is 0 Å². The maximum atomic E-state index is 12.8.